The topological polar surface area (TPSA) is 121 Å². The SMILES string of the molecule is Nc1c(NCCN2CCCCC2)ncnc1NNC(=O)c1cccnc1. The predicted octanol–water partition coefficient (Wildman–Crippen LogP) is 1.11. The molecule has 0 spiro atoms. The Morgan fingerprint density at radius 3 is 2.77 bits per heavy atom. The molecule has 1 amide bonds. The summed E-state index contributed by atoms with van der Waals surface area (Å²) in [4.78, 5) is 26.6. The highest BCUT2D eigenvalue weighted by molar-refractivity contribution is 5.94. The second kappa shape index (κ2) is 8.95. The maximum atomic E-state index is 12.0. The average molecular weight is 356 g/mol. The van der Waals surface area contributed by atoms with Crippen LogP contribution in [0.3, 0.4) is 0 Å². The van der Waals surface area contributed by atoms with Crippen molar-refractivity contribution in [1.82, 2.24) is 25.3 Å². The number of carbonyl (C=O) groups is 1. The highest BCUT2D eigenvalue weighted by Gasteiger charge is 2.12. The first-order chi connectivity index (χ1) is 12.7. The van der Waals surface area contributed by atoms with Gasteiger partial charge < -0.3 is 16.0 Å². The first-order valence-electron chi connectivity index (χ1n) is 8.77. The van der Waals surface area contributed by atoms with Crippen LogP contribution in [0, 0.1) is 0 Å². The van der Waals surface area contributed by atoms with Crippen molar-refractivity contribution in [2.45, 2.75) is 19.3 Å². The number of likely N-dealkylation sites (tertiary alicyclic amines) is 1. The molecule has 2 aromatic heterocycles. The van der Waals surface area contributed by atoms with Crippen molar-refractivity contribution >= 4 is 23.2 Å². The van der Waals surface area contributed by atoms with Gasteiger partial charge in [-0.15, -0.1) is 0 Å². The molecule has 26 heavy (non-hydrogen) atoms. The van der Waals surface area contributed by atoms with Crippen LogP contribution in [-0.4, -0.2) is 51.9 Å². The summed E-state index contributed by atoms with van der Waals surface area (Å²) < 4.78 is 0. The van der Waals surface area contributed by atoms with Crippen LogP contribution in [0.4, 0.5) is 17.3 Å². The zero-order chi connectivity index (χ0) is 18.2. The quantitative estimate of drug-likeness (QED) is 0.544. The van der Waals surface area contributed by atoms with Crippen molar-refractivity contribution in [1.29, 1.82) is 0 Å². The molecule has 9 nitrogen and oxygen atoms in total. The minimum Gasteiger partial charge on any atom is -0.393 e. The third-order valence-corrected chi connectivity index (χ3v) is 4.27. The van der Waals surface area contributed by atoms with Crippen LogP contribution in [0.2, 0.25) is 0 Å². The number of hydrogen-bond acceptors (Lipinski definition) is 8. The summed E-state index contributed by atoms with van der Waals surface area (Å²) in [7, 11) is 0. The highest BCUT2D eigenvalue weighted by atomic mass is 16.2. The Labute approximate surface area is 152 Å². The number of rotatable bonds is 7. The van der Waals surface area contributed by atoms with Gasteiger partial charge in [0.05, 0.1) is 5.56 Å². The molecule has 1 fully saturated rings. The Kier molecular flexibility index (Phi) is 6.15. The van der Waals surface area contributed by atoms with Gasteiger partial charge in [0.1, 0.15) is 12.0 Å². The first kappa shape index (κ1) is 17.9. The fraction of sp³-hybridized carbons (Fsp3) is 0.412. The lowest BCUT2D eigenvalue weighted by molar-refractivity contribution is 0.0962. The largest absolute Gasteiger partial charge is 0.393 e. The molecule has 5 N–H and O–H groups in total. The number of nitrogens with zero attached hydrogens (tertiary/aromatic N) is 4. The summed E-state index contributed by atoms with van der Waals surface area (Å²) in [5, 5.41) is 3.24. The maximum Gasteiger partial charge on any atom is 0.271 e. The molecule has 0 aliphatic carbocycles. The Morgan fingerprint density at radius 1 is 1.19 bits per heavy atom. The fourth-order valence-electron chi connectivity index (χ4n) is 2.84. The molecule has 0 unspecified atom stereocenters. The van der Waals surface area contributed by atoms with Gasteiger partial charge in [-0.2, -0.15) is 0 Å². The lowest BCUT2D eigenvalue weighted by atomic mass is 10.1. The van der Waals surface area contributed by atoms with Crippen molar-refractivity contribution in [2.24, 2.45) is 0 Å². The summed E-state index contributed by atoms with van der Waals surface area (Å²) in [6.45, 7) is 3.99. The highest BCUT2D eigenvalue weighted by Crippen LogP contribution is 2.21. The zero-order valence-corrected chi connectivity index (χ0v) is 14.6. The number of hydrazine groups is 1. The molecular weight excluding hydrogens is 332 g/mol. The van der Waals surface area contributed by atoms with E-state index in [1.54, 1.807) is 18.3 Å². The molecule has 0 bridgehead atoms. The molecule has 3 heterocycles. The van der Waals surface area contributed by atoms with Crippen LogP contribution < -0.4 is 21.9 Å². The standard InChI is InChI=1S/C17H24N8O/c18-14-15(20-7-10-25-8-2-1-3-9-25)21-12-22-16(14)23-24-17(26)13-5-4-6-19-11-13/h4-6,11-12H,1-3,7-10,18H2,(H,24,26)(H2,20,21,22,23). The third kappa shape index (κ3) is 4.79. The van der Waals surface area contributed by atoms with Crippen LogP contribution in [-0.2, 0) is 0 Å². The van der Waals surface area contributed by atoms with Gasteiger partial charge >= 0.3 is 0 Å². The number of carbonyl (C=O) groups excluding carboxylic acids is 1. The second-order valence-corrected chi connectivity index (χ2v) is 6.13. The third-order valence-electron chi connectivity index (χ3n) is 4.27. The Hall–Kier alpha value is -2.94. The van der Waals surface area contributed by atoms with E-state index in [1.165, 1.54) is 31.8 Å². The minimum absolute atomic E-state index is 0.323. The first-order valence-corrected chi connectivity index (χ1v) is 8.77. The number of nitrogens with one attached hydrogen (secondary N) is 3. The van der Waals surface area contributed by atoms with Gasteiger partial charge in [-0.25, -0.2) is 9.97 Å². The Bertz CT molecular complexity index is 718. The summed E-state index contributed by atoms with van der Waals surface area (Å²) in [6.07, 6.45) is 8.34. The molecule has 2 aromatic rings. The molecule has 1 aliphatic heterocycles. The summed E-state index contributed by atoms with van der Waals surface area (Å²) in [6, 6.07) is 3.36. The second-order valence-electron chi connectivity index (χ2n) is 6.13. The van der Waals surface area contributed by atoms with E-state index in [9.17, 15) is 4.79 Å². The number of piperidine rings is 1. The molecule has 1 aliphatic rings. The molecule has 9 heteroatoms. The monoisotopic (exact) mass is 356 g/mol. The summed E-state index contributed by atoms with van der Waals surface area (Å²) in [5.74, 6) is 0.573. The number of aromatic nitrogens is 3. The van der Waals surface area contributed by atoms with Gasteiger partial charge in [-0.05, 0) is 38.1 Å². The van der Waals surface area contributed by atoms with Crippen molar-refractivity contribution in [3.63, 3.8) is 0 Å². The van der Waals surface area contributed by atoms with Gasteiger partial charge in [0.25, 0.3) is 5.91 Å². The zero-order valence-electron chi connectivity index (χ0n) is 14.6. The number of hydrogen-bond donors (Lipinski definition) is 4. The van der Waals surface area contributed by atoms with Crippen LogP contribution >= 0.6 is 0 Å². The molecule has 1 saturated heterocycles. The summed E-state index contributed by atoms with van der Waals surface area (Å²) in [5.41, 5.74) is 12.2. The Balaban J connectivity index is 1.52. The van der Waals surface area contributed by atoms with Crippen molar-refractivity contribution in [3.05, 3.63) is 36.4 Å². The lowest BCUT2D eigenvalue weighted by Crippen LogP contribution is -2.34. The smallest absolute Gasteiger partial charge is 0.271 e. The number of anilines is 3. The van der Waals surface area contributed by atoms with E-state index in [0.717, 1.165) is 26.2 Å². The van der Waals surface area contributed by atoms with Crippen molar-refractivity contribution in [3.8, 4) is 0 Å². The number of nitrogen functional groups attached to an aromatic ring is 1. The Morgan fingerprint density at radius 2 is 2.00 bits per heavy atom. The van der Waals surface area contributed by atoms with E-state index >= 15 is 0 Å². The van der Waals surface area contributed by atoms with Crippen LogP contribution in [0.25, 0.3) is 0 Å². The van der Waals surface area contributed by atoms with E-state index in [4.69, 9.17) is 5.73 Å². The lowest BCUT2D eigenvalue weighted by Gasteiger charge is -2.26. The van der Waals surface area contributed by atoms with Gasteiger partial charge in [0.15, 0.2) is 11.6 Å². The molecule has 0 atom stereocenters. The van der Waals surface area contributed by atoms with Crippen molar-refractivity contribution in [2.75, 3.05) is 42.7 Å². The maximum absolute atomic E-state index is 12.0. The molecule has 138 valence electrons. The van der Waals surface area contributed by atoms with E-state index in [2.05, 4.69) is 36.0 Å². The van der Waals surface area contributed by atoms with E-state index < -0.39 is 0 Å². The van der Waals surface area contributed by atoms with Crippen LogP contribution in [0.1, 0.15) is 29.6 Å². The van der Waals surface area contributed by atoms with Gasteiger partial charge in [0, 0.05) is 25.5 Å². The molecule has 3 rings (SSSR count). The van der Waals surface area contributed by atoms with E-state index in [1.807, 2.05) is 0 Å². The number of pyridine rings is 1. The van der Waals surface area contributed by atoms with E-state index in [-0.39, 0.29) is 5.91 Å². The minimum atomic E-state index is -0.323. The van der Waals surface area contributed by atoms with Crippen LogP contribution in [0.15, 0.2) is 30.9 Å². The normalized spacial score (nSPS) is 14.6. The fourth-order valence-corrected chi connectivity index (χ4v) is 2.84. The average Bonchev–Trinajstić information content (AvgIpc) is 2.69. The van der Waals surface area contributed by atoms with Gasteiger partial charge in [-0.1, -0.05) is 6.42 Å². The van der Waals surface area contributed by atoms with Crippen LogP contribution in [0.5, 0.6) is 0 Å². The van der Waals surface area contributed by atoms with E-state index in [0.29, 0.717) is 22.9 Å². The predicted molar refractivity (Wildman–Crippen MR) is 101 cm³/mol. The molecule has 0 radical (unpaired) electrons. The summed E-state index contributed by atoms with van der Waals surface area (Å²) >= 11 is 0. The van der Waals surface area contributed by atoms with Gasteiger partial charge in [0.2, 0.25) is 0 Å². The molecular formula is C17H24N8O. The molecule has 0 aromatic carbocycles. The van der Waals surface area contributed by atoms with Crippen molar-refractivity contribution < 1.29 is 4.79 Å². The van der Waals surface area contributed by atoms with Gasteiger partial charge in [-0.3, -0.25) is 20.6 Å². The number of nitrogens with two attached hydrogens (primary N) is 1. The molecule has 0 saturated carbocycles. The number of amides is 1.